The summed E-state index contributed by atoms with van der Waals surface area (Å²) in [5.74, 6) is 1.08. The molecule has 0 saturated carbocycles. The minimum atomic E-state index is 0. The van der Waals surface area contributed by atoms with Crippen LogP contribution in [-0.4, -0.2) is 25.6 Å². The van der Waals surface area contributed by atoms with E-state index in [1.54, 1.807) is 0 Å². The van der Waals surface area contributed by atoms with Crippen molar-refractivity contribution >= 4 is 12.4 Å². The van der Waals surface area contributed by atoms with Crippen molar-refractivity contribution in [2.24, 2.45) is 0 Å². The van der Waals surface area contributed by atoms with Gasteiger partial charge >= 0.3 is 0 Å². The number of hydrogen-bond donors (Lipinski definition) is 0. The summed E-state index contributed by atoms with van der Waals surface area (Å²) in [5.41, 5.74) is 2.56. The molecule has 1 atom stereocenters. The first-order chi connectivity index (χ1) is 6.20. The summed E-state index contributed by atoms with van der Waals surface area (Å²) in [4.78, 5) is 2.20. The molecule has 1 unspecified atom stereocenters. The molecule has 0 saturated heterocycles. The van der Waals surface area contributed by atoms with Gasteiger partial charge in [0.05, 0.1) is 6.04 Å². The number of aryl methyl sites for hydroxylation is 1. The van der Waals surface area contributed by atoms with E-state index in [0.29, 0.717) is 6.04 Å². The third-order valence-electron chi connectivity index (χ3n) is 2.61. The summed E-state index contributed by atoms with van der Waals surface area (Å²) in [5, 5.41) is 0. The van der Waals surface area contributed by atoms with Crippen LogP contribution >= 0.6 is 12.4 Å². The van der Waals surface area contributed by atoms with E-state index >= 15 is 0 Å². The molecule has 2 nitrogen and oxygen atoms in total. The molecular formula is C11H16ClNO. The van der Waals surface area contributed by atoms with Gasteiger partial charge in [0, 0.05) is 5.56 Å². The summed E-state index contributed by atoms with van der Waals surface area (Å²) in [6, 6.07) is 6.77. The molecule has 3 heteroatoms. The lowest BCUT2D eigenvalue weighted by atomic mass is 10.1. The average Bonchev–Trinajstić information content (AvgIpc) is 2.48. The molecule has 1 aromatic carbocycles. The molecule has 2 rings (SSSR count). The SMILES string of the molecule is Cc1cccc2c1OCC2N(C)C.Cl. The van der Waals surface area contributed by atoms with E-state index in [2.05, 4.69) is 44.1 Å². The van der Waals surface area contributed by atoms with Crippen LogP contribution in [0.4, 0.5) is 0 Å². The molecular weight excluding hydrogens is 198 g/mol. The lowest BCUT2D eigenvalue weighted by Crippen LogP contribution is -2.20. The van der Waals surface area contributed by atoms with Gasteiger partial charge in [-0.15, -0.1) is 12.4 Å². The lowest BCUT2D eigenvalue weighted by Gasteiger charge is -2.17. The molecule has 1 aliphatic rings. The first-order valence-electron chi connectivity index (χ1n) is 4.59. The number of rotatable bonds is 1. The molecule has 14 heavy (non-hydrogen) atoms. The number of benzene rings is 1. The predicted octanol–water partition coefficient (Wildman–Crippen LogP) is 2.41. The van der Waals surface area contributed by atoms with Gasteiger partial charge in [-0.05, 0) is 26.6 Å². The molecule has 1 aromatic rings. The van der Waals surface area contributed by atoms with Crippen LogP contribution in [0, 0.1) is 6.92 Å². The third-order valence-corrected chi connectivity index (χ3v) is 2.61. The van der Waals surface area contributed by atoms with E-state index in [-0.39, 0.29) is 12.4 Å². The Hall–Kier alpha value is -0.730. The molecule has 0 aromatic heterocycles. The first kappa shape index (κ1) is 11.3. The highest BCUT2D eigenvalue weighted by Gasteiger charge is 2.26. The van der Waals surface area contributed by atoms with Gasteiger partial charge in [0.1, 0.15) is 12.4 Å². The van der Waals surface area contributed by atoms with Crippen molar-refractivity contribution in [1.29, 1.82) is 0 Å². The zero-order valence-corrected chi connectivity index (χ0v) is 9.60. The van der Waals surface area contributed by atoms with Gasteiger partial charge < -0.3 is 4.74 Å². The number of para-hydroxylation sites is 1. The van der Waals surface area contributed by atoms with Gasteiger partial charge in [0.2, 0.25) is 0 Å². The highest BCUT2D eigenvalue weighted by molar-refractivity contribution is 5.85. The summed E-state index contributed by atoms with van der Waals surface area (Å²) >= 11 is 0. The summed E-state index contributed by atoms with van der Waals surface area (Å²) in [6.07, 6.45) is 0. The second-order valence-electron chi connectivity index (χ2n) is 3.78. The average molecular weight is 214 g/mol. The van der Waals surface area contributed by atoms with Crippen LogP contribution in [0.1, 0.15) is 17.2 Å². The molecule has 0 fully saturated rings. The Kier molecular flexibility index (Phi) is 3.40. The Labute approximate surface area is 91.3 Å². The molecule has 0 aliphatic carbocycles. The largest absolute Gasteiger partial charge is 0.491 e. The highest BCUT2D eigenvalue weighted by atomic mass is 35.5. The number of hydrogen-bond acceptors (Lipinski definition) is 2. The molecule has 0 radical (unpaired) electrons. The Balaban J connectivity index is 0.000000980. The molecule has 1 heterocycles. The third kappa shape index (κ3) is 1.72. The van der Waals surface area contributed by atoms with Crippen molar-refractivity contribution in [3.8, 4) is 5.75 Å². The van der Waals surface area contributed by atoms with Crippen molar-refractivity contribution in [3.63, 3.8) is 0 Å². The molecule has 0 bridgehead atoms. The zero-order valence-electron chi connectivity index (χ0n) is 8.78. The Morgan fingerprint density at radius 2 is 2.07 bits per heavy atom. The molecule has 1 aliphatic heterocycles. The fourth-order valence-electron chi connectivity index (χ4n) is 1.81. The van der Waals surface area contributed by atoms with Crippen molar-refractivity contribution in [3.05, 3.63) is 29.3 Å². The number of halogens is 1. The number of ether oxygens (including phenoxy) is 1. The lowest BCUT2D eigenvalue weighted by molar-refractivity contribution is 0.226. The van der Waals surface area contributed by atoms with Crippen molar-refractivity contribution in [2.45, 2.75) is 13.0 Å². The Morgan fingerprint density at radius 1 is 1.36 bits per heavy atom. The molecule has 0 amide bonds. The van der Waals surface area contributed by atoms with Gasteiger partial charge in [0.25, 0.3) is 0 Å². The maximum Gasteiger partial charge on any atom is 0.127 e. The fraction of sp³-hybridized carbons (Fsp3) is 0.455. The van der Waals surface area contributed by atoms with E-state index in [9.17, 15) is 0 Å². The summed E-state index contributed by atoms with van der Waals surface area (Å²) in [7, 11) is 4.18. The number of fused-ring (bicyclic) bond motifs is 1. The van der Waals surface area contributed by atoms with Crippen molar-refractivity contribution < 1.29 is 4.74 Å². The predicted molar refractivity (Wildman–Crippen MR) is 60.4 cm³/mol. The van der Waals surface area contributed by atoms with Crippen LogP contribution in [0.15, 0.2) is 18.2 Å². The van der Waals surface area contributed by atoms with Gasteiger partial charge in [-0.2, -0.15) is 0 Å². The van der Waals surface area contributed by atoms with Crippen molar-refractivity contribution in [1.82, 2.24) is 4.90 Å². The maximum atomic E-state index is 5.66. The smallest absolute Gasteiger partial charge is 0.127 e. The molecule has 78 valence electrons. The minimum absolute atomic E-state index is 0. The van der Waals surface area contributed by atoms with Gasteiger partial charge in [-0.25, -0.2) is 0 Å². The second kappa shape index (κ2) is 4.20. The quantitative estimate of drug-likeness (QED) is 0.711. The standard InChI is InChI=1S/C11H15NO.ClH/c1-8-5-4-6-9-10(12(2)3)7-13-11(8)9;/h4-6,10H,7H2,1-3H3;1H. The number of nitrogens with zero attached hydrogens (tertiary/aromatic N) is 1. The maximum absolute atomic E-state index is 5.66. The fourth-order valence-corrected chi connectivity index (χ4v) is 1.81. The zero-order chi connectivity index (χ0) is 9.42. The van der Waals surface area contributed by atoms with E-state index in [4.69, 9.17) is 4.74 Å². The van der Waals surface area contributed by atoms with Crippen molar-refractivity contribution in [2.75, 3.05) is 20.7 Å². The van der Waals surface area contributed by atoms with Crippen LogP contribution in [-0.2, 0) is 0 Å². The van der Waals surface area contributed by atoms with Crippen LogP contribution in [0.3, 0.4) is 0 Å². The minimum Gasteiger partial charge on any atom is -0.491 e. The molecule has 0 spiro atoms. The van der Waals surface area contributed by atoms with E-state index in [1.165, 1.54) is 11.1 Å². The summed E-state index contributed by atoms with van der Waals surface area (Å²) < 4.78 is 5.66. The van der Waals surface area contributed by atoms with Crippen LogP contribution < -0.4 is 4.74 Å². The highest BCUT2D eigenvalue weighted by Crippen LogP contribution is 2.36. The van der Waals surface area contributed by atoms with Crippen LogP contribution in [0.2, 0.25) is 0 Å². The normalized spacial score (nSPS) is 18.7. The molecule has 0 N–H and O–H groups in total. The van der Waals surface area contributed by atoms with Crippen LogP contribution in [0.5, 0.6) is 5.75 Å². The first-order valence-corrected chi connectivity index (χ1v) is 4.59. The Bertz CT molecular complexity index is 325. The second-order valence-corrected chi connectivity index (χ2v) is 3.78. The van der Waals surface area contributed by atoms with E-state index in [1.807, 2.05) is 0 Å². The van der Waals surface area contributed by atoms with E-state index < -0.39 is 0 Å². The number of likely N-dealkylation sites (N-methyl/N-ethyl adjacent to an activating group) is 1. The van der Waals surface area contributed by atoms with Crippen LogP contribution in [0.25, 0.3) is 0 Å². The van der Waals surface area contributed by atoms with E-state index in [0.717, 1.165) is 12.4 Å². The Morgan fingerprint density at radius 3 is 2.71 bits per heavy atom. The van der Waals surface area contributed by atoms with Gasteiger partial charge in [0.15, 0.2) is 0 Å². The van der Waals surface area contributed by atoms with Gasteiger partial charge in [-0.1, -0.05) is 18.2 Å². The topological polar surface area (TPSA) is 12.5 Å². The van der Waals surface area contributed by atoms with Gasteiger partial charge in [-0.3, -0.25) is 4.90 Å². The monoisotopic (exact) mass is 213 g/mol. The summed E-state index contributed by atoms with van der Waals surface area (Å²) in [6.45, 7) is 2.88.